The first-order chi connectivity index (χ1) is 15.7. The van der Waals surface area contributed by atoms with Gasteiger partial charge in [0.2, 0.25) is 0 Å². The van der Waals surface area contributed by atoms with Gasteiger partial charge in [-0.05, 0) is 24.5 Å². The number of hydrogen-bond acceptors (Lipinski definition) is 6. The zero-order valence-corrected chi connectivity index (χ0v) is 18.0. The van der Waals surface area contributed by atoms with Crippen molar-refractivity contribution in [2.75, 3.05) is 6.54 Å². The normalized spacial score (nSPS) is 16.9. The molecule has 0 radical (unpaired) electrons. The molecule has 33 heavy (non-hydrogen) atoms. The quantitative estimate of drug-likeness (QED) is 0.547. The van der Waals surface area contributed by atoms with E-state index < -0.39 is 23.3 Å². The first kappa shape index (κ1) is 24.0. The van der Waals surface area contributed by atoms with E-state index in [1.165, 1.54) is 12.3 Å². The lowest BCUT2D eigenvalue weighted by Gasteiger charge is -2.37. The summed E-state index contributed by atoms with van der Waals surface area (Å²) in [5.41, 5.74) is 10.0. The Balaban J connectivity index is 1.90. The zero-order chi connectivity index (χ0) is 24.1. The Morgan fingerprint density at radius 3 is 2.64 bits per heavy atom. The summed E-state index contributed by atoms with van der Waals surface area (Å²) in [6.07, 6.45) is 6.59. The third-order valence-electron chi connectivity index (χ3n) is 5.73. The fourth-order valence-electron chi connectivity index (χ4n) is 4.01. The maximum absolute atomic E-state index is 13.6. The third-order valence-corrected chi connectivity index (χ3v) is 5.73. The predicted molar refractivity (Wildman–Crippen MR) is 119 cm³/mol. The average molecular weight is 461 g/mol. The fraction of sp³-hybridized carbons (Fsp3) is 0.364. The lowest BCUT2D eigenvalue weighted by molar-refractivity contribution is -0.141. The molecule has 0 spiro atoms. The molecular weight excluding hydrogens is 435 g/mol. The van der Waals surface area contributed by atoms with E-state index in [2.05, 4.69) is 27.0 Å². The monoisotopic (exact) mass is 461 g/mol. The van der Waals surface area contributed by atoms with Crippen LogP contribution in [0.25, 0.3) is 5.82 Å². The Labute approximate surface area is 189 Å². The van der Waals surface area contributed by atoms with E-state index in [9.17, 15) is 18.0 Å². The van der Waals surface area contributed by atoms with Crippen molar-refractivity contribution in [3.05, 3.63) is 66.0 Å². The number of nitrogens with two attached hydrogens (primary N) is 2. The van der Waals surface area contributed by atoms with Crippen molar-refractivity contribution in [3.63, 3.8) is 0 Å². The Morgan fingerprint density at radius 1 is 1.30 bits per heavy atom. The van der Waals surface area contributed by atoms with E-state index in [0.717, 1.165) is 43.9 Å². The first-order valence-corrected chi connectivity index (χ1v) is 10.4. The molecule has 0 bridgehead atoms. The topological polar surface area (TPSA) is 124 Å². The number of alkyl halides is 3. The van der Waals surface area contributed by atoms with Gasteiger partial charge in [-0.1, -0.05) is 38.0 Å². The maximum atomic E-state index is 13.6. The summed E-state index contributed by atoms with van der Waals surface area (Å²) in [7, 11) is 0. The minimum Gasteiger partial charge on any atom is -0.381 e. The second kappa shape index (κ2) is 9.88. The van der Waals surface area contributed by atoms with E-state index in [4.69, 9.17) is 11.5 Å². The van der Waals surface area contributed by atoms with Crippen molar-refractivity contribution in [1.29, 1.82) is 0 Å². The molecule has 5 N–H and O–H groups in total. The lowest BCUT2D eigenvalue weighted by atomic mass is 9.70. The van der Waals surface area contributed by atoms with Crippen LogP contribution in [0.3, 0.4) is 0 Å². The van der Waals surface area contributed by atoms with E-state index in [1.807, 2.05) is 12.1 Å². The molecule has 2 aromatic rings. The Hall–Kier alpha value is -3.63. The first-order valence-electron chi connectivity index (χ1n) is 10.4. The predicted octanol–water partition coefficient (Wildman–Crippen LogP) is 3.19. The standard InChI is InChI=1S/C22H26F3N7O/c1-2-10-29-18(26)19(27)32-13-16(17(31-32)22(23,24)25)20(33)30-14-21(8-4-3-5-9-21)15-7-6-11-28-12-15/h2,6-7,10-13H,1,3-5,8-9,14,26-27H2,(H,30,33)/b19-18+,29-10-. The Morgan fingerprint density at radius 2 is 2.03 bits per heavy atom. The number of amides is 1. The number of halogens is 3. The van der Waals surface area contributed by atoms with E-state index in [0.29, 0.717) is 4.68 Å². The Bertz CT molecular complexity index is 1050. The molecule has 2 aromatic heterocycles. The van der Waals surface area contributed by atoms with Gasteiger partial charge in [0.05, 0.1) is 5.56 Å². The number of allylic oxidation sites excluding steroid dienone is 1. The molecule has 0 aromatic carbocycles. The largest absolute Gasteiger partial charge is 0.435 e. The summed E-state index contributed by atoms with van der Waals surface area (Å²) >= 11 is 0. The van der Waals surface area contributed by atoms with Crippen molar-refractivity contribution in [3.8, 4) is 0 Å². The average Bonchev–Trinajstić information content (AvgIpc) is 3.28. The number of aliphatic imine (C=N–C) groups is 1. The van der Waals surface area contributed by atoms with Crippen LogP contribution in [-0.2, 0) is 11.6 Å². The smallest absolute Gasteiger partial charge is 0.381 e. The van der Waals surface area contributed by atoms with Crippen molar-refractivity contribution < 1.29 is 18.0 Å². The van der Waals surface area contributed by atoms with Crippen LogP contribution in [0.1, 0.15) is 53.7 Å². The minimum atomic E-state index is -4.87. The molecule has 1 aliphatic carbocycles. The van der Waals surface area contributed by atoms with Crippen molar-refractivity contribution in [1.82, 2.24) is 20.1 Å². The molecule has 0 unspecified atom stereocenters. The van der Waals surface area contributed by atoms with Crippen LogP contribution >= 0.6 is 0 Å². The molecule has 1 fully saturated rings. The van der Waals surface area contributed by atoms with Crippen LogP contribution in [0.5, 0.6) is 0 Å². The molecule has 0 saturated heterocycles. The van der Waals surface area contributed by atoms with Gasteiger partial charge in [-0.3, -0.25) is 9.78 Å². The summed E-state index contributed by atoms with van der Waals surface area (Å²) in [5.74, 6) is -1.52. The van der Waals surface area contributed by atoms with Crippen molar-refractivity contribution >= 4 is 17.9 Å². The molecule has 2 heterocycles. The zero-order valence-electron chi connectivity index (χ0n) is 18.0. The molecule has 11 heteroatoms. The second-order valence-electron chi connectivity index (χ2n) is 7.88. The van der Waals surface area contributed by atoms with Crippen molar-refractivity contribution in [2.24, 2.45) is 16.5 Å². The van der Waals surface area contributed by atoms with Gasteiger partial charge in [0, 0.05) is 36.8 Å². The molecule has 176 valence electrons. The van der Waals surface area contributed by atoms with Gasteiger partial charge in [-0.2, -0.15) is 18.3 Å². The van der Waals surface area contributed by atoms with Gasteiger partial charge in [0.1, 0.15) is 0 Å². The SMILES string of the molecule is C=C/C=N\C(N)=C(/N)n1cc(C(=O)NCC2(c3cccnc3)CCCCC2)c(C(F)(F)F)n1. The maximum Gasteiger partial charge on any atom is 0.435 e. The number of nitrogens with one attached hydrogen (secondary N) is 1. The Kier molecular flexibility index (Phi) is 7.19. The summed E-state index contributed by atoms with van der Waals surface area (Å²) in [6.45, 7) is 3.61. The summed E-state index contributed by atoms with van der Waals surface area (Å²) < 4.78 is 41.6. The van der Waals surface area contributed by atoms with E-state index >= 15 is 0 Å². The molecule has 1 aliphatic rings. The summed E-state index contributed by atoms with van der Waals surface area (Å²) in [5, 5.41) is 6.15. The molecule has 0 aliphatic heterocycles. The molecule has 1 amide bonds. The highest BCUT2D eigenvalue weighted by Gasteiger charge is 2.40. The van der Waals surface area contributed by atoms with E-state index in [1.54, 1.807) is 12.4 Å². The number of hydrogen-bond donors (Lipinski definition) is 3. The molecule has 0 atom stereocenters. The highest BCUT2D eigenvalue weighted by molar-refractivity contribution is 5.95. The number of rotatable bonds is 7. The number of aromatic nitrogens is 3. The summed E-state index contributed by atoms with van der Waals surface area (Å²) in [4.78, 5) is 20.8. The van der Waals surface area contributed by atoms with Crippen LogP contribution in [0.4, 0.5) is 13.2 Å². The van der Waals surface area contributed by atoms with Crippen molar-refractivity contribution in [2.45, 2.75) is 43.7 Å². The molecule has 1 saturated carbocycles. The minimum absolute atomic E-state index is 0.178. The van der Waals surface area contributed by atoms with Crippen LogP contribution in [0.15, 0.2) is 54.2 Å². The van der Waals surface area contributed by atoms with Gasteiger partial charge in [0.25, 0.3) is 5.91 Å². The van der Waals surface area contributed by atoms with Gasteiger partial charge in [-0.25, -0.2) is 9.67 Å². The van der Waals surface area contributed by atoms with E-state index in [-0.39, 0.29) is 23.6 Å². The number of nitrogens with zero attached hydrogens (tertiary/aromatic N) is 4. The fourth-order valence-corrected chi connectivity index (χ4v) is 4.01. The van der Waals surface area contributed by atoms with Crippen LogP contribution in [-0.4, -0.2) is 33.4 Å². The van der Waals surface area contributed by atoms with Crippen LogP contribution in [0, 0.1) is 0 Å². The molecular formula is C22H26F3N7O. The van der Waals surface area contributed by atoms with Gasteiger partial charge < -0.3 is 16.8 Å². The number of carbonyl (C=O) groups excluding carboxylic acids is 1. The number of pyridine rings is 1. The van der Waals surface area contributed by atoms with Crippen LogP contribution < -0.4 is 16.8 Å². The number of carbonyl (C=O) groups is 1. The molecule has 3 rings (SSSR count). The lowest BCUT2D eigenvalue weighted by Crippen LogP contribution is -2.42. The van der Waals surface area contributed by atoms with Gasteiger partial charge in [-0.15, -0.1) is 0 Å². The van der Waals surface area contributed by atoms with Gasteiger partial charge in [0.15, 0.2) is 17.3 Å². The molecule has 8 nitrogen and oxygen atoms in total. The second-order valence-corrected chi connectivity index (χ2v) is 7.88. The van der Waals surface area contributed by atoms with Crippen LogP contribution in [0.2, 0.25) is 0 Å². The third kappa shape index (κ3) is 5.41. The summed E-state index contributed by atoms with van der Waals surface area (Å²) in [6, 6.07) is 3.75. The van der Waals surface area contributed by atoms with Gasteiger partial charge >= 0.3 is 6.18 Å². The highest BCUT2D eigenvalue weighted by Crippen LogP contribution is 2.39. The highest BCUT2D eigenvalue weighted by atomic mass is 19.4.